The van der Waals surface area contributed by atoms with Crippen molar-refractivity contribution in [1.29, 1.82) is 0 Å². The van der Waals surface area contributed by atoms with Crippen molar-refractivity contribution < 1.29 is 27.2 Å². The van der Waals surface area contributed by atoms with E-state index < -0.39 is 18.5 Å². The number of alkyl halides is 2. The van der Waals surface area contributed by atoms with Gasteiger partial charge in [0.2, 0.25) is 0 Å². The van der Waals surface area contributed by atoms with E-state index >= 15 is 0 Å². The number of halogens is 4. The molecule has 1 heterocycles. The van der Waals surface area contributed by atoms with E-state index in [1.54, 1.807) is 38.4 Å². The van der Waals surface area contributed by atoms with Crippen LogP contribution in [0.3, 0.4) is 0 Å². The molecule has 2 N–H and O–H groups in total. The van der Waals surface area contributed by atoms with E-state index in [0.29, 0.717) is 24.0 Å². The molecule has 2 amide bonds. The third kappa shape index (κ3) is 10.2. The minimum Gasteiger partial charge on any atom is -0.334 e. The SMILES string of the molecule is CNC(CCC(CCC(C)=O)N(C)C(=O)NCc1cccc(F)c1C)C(F)F.Cc1cc2cc(F)ccc2cn1. The fourth-order valence-electron chi connectivity index (χ4n) is 4.20. The molecule has 2 atom stereocenters. The predicted molar refractivity (Wildman–Crippen MR) is 149 cm³/mol. The molecule has 0 aliphatic carbocycles. The molecule has 0 spiro atoms. The first kappa shape index (κ1) is 32.7. The fraction of sp³-hybridized carbons (Fsp3) is 0.433. The average molecular weight is 563 g/mol. The van der Waals surface area contributed by atoms with Gasteiger partial charge in [-0.05, 0) is 93.9 Å². The number of carbonyl (C=O) groups is 2. The Morgan fingerprint density at radius 3 is 2.38 bits per heavy atom. The lowest BCUT2D eigenvalue weighted by Crippen LogP contribution is -2.44. The summed E-state index contributed by atoms with van der Waals surface area (Å²) < 4.78 is 52.3. The number of aromatic nitrogens is 1. The second-order valence-corrected chi connectivity index (χ2v) is 9.81. The Kier molecular flexibility index (Phi) is 13.0. The normalized spacial score (nSPS) is 12.4. The van der Waals surface area contributed by atoms with Gasteiger partial charge in [0.05, 0.1) is 6.04 Å². The third-order valence-corrected chi connectivity index (χ3v) is 6.81. The van der Waals surface area contributed by atoms with Crippen molar-refractivity contribution in [2.24, 2.45) is 0 Å². The molecule has 0 aliphatic rings. The Hall–Kier alpha value is -3.53. The number of nitrogens with zero attached hydrogens (tertiary/aromatic N) is 2. The van der Waals surface area contributed by atoms with Gasteiger partial charge < -0.3 is 20.3 Å². The first-order valence-electron chi connectivity index (χ1n) is 13.1. The van der Waals surface area contributed by atoms with Gasteiger partial charge in [0, 0.05) is 43.3 Å². The van der Waals surface area contributed by atoms with E-state index in [1.165, 1.54) is 37.1 Å². The minimum absolute atomic E-state index is 0.0202. The van der Waals surface area contributed by atoms with E-state index in [0.717, 1.165) is 16.5 Å². The van der Waals surface area contributed by atoms with E-state index in [9.17, 15) is 27.2 Å². The minimum atomic E-state index is -2.51. The van der Waals surface area contributed by atoms with Crippen LogP contribution in [-0.2, 0) is 11.3 Å². The highest BCUT2D eigenvalue weighted by Gasteiger charge is 2.24. The molecule has 218 valence electrons. The third-order valence-electron chi connectivity index (χ3n) is 6.81. The number of ketones is 1. The summed E-state index contributed by atoms with van der Waals surface area (Å²) in [5.41, 5.74) is 2.04. The summed E-state index contributed by atoms with van der Waals surface area (Å²) in [6.45, 7) is 5.14. The first-order valence-corrected chi connectivity index (χ1v) is 13.1. The quantitative estimate of drug-likeness (QED) is 0.268. The highest BCUT2D eigenvalue weighted by atomic mass is 19.3. The number of benzene rings is 2. The number of rotatable bonds is 11. The van der Waals surface area contributed by atoms with Gasteiger partial charge in [-0.1, -0.05) is 12.1 Å². The Balaban J connectivity index is 0.000000382. The summed E-state index contributed by atoms with van der Waals surface area (Å²) in [4.78, 5) is 29.4. The molecule has 1 aromatic heterocycles. The van der Waals surface area contributed by atoms with Crippen LogP contribution >= 0.6 is 0 Å². The fourth-order valence-corrected chi connectivity index (χ4v) is 4.20. The molecule has 2 aromatic carbocycles. The number of amides is 2. The molecular formula is C30H38F4N4O2. The van der Waals surface area contributed by atoms with Crippen molar-refractivity contribution in [3.8, 4) is 0 Å². The van der Waals surface area contributed by atoms with Crippen molar-refractivity contribution in [2.75, 3.05) is 14.1 Å². The lowest BCUT2D eigenvalue weighted by Gasteiger charge is -2.29. The summed E-state index contributed by atoms with van der Waals surface area (Å²) in [6, 6.07) is 9.51. The van der Waals surface area contributed by atoms with Crippen LogP contribution in [0, 0.1) is 25.5 Å². The van der Waals surface area contributed by atoms with Crippen LogP contribution in [0.25, 0.3) is 10.8 Å². The van der Waals surface area contributed by atoms with Gasteiger partial charge in [0.15, 0.2) is 0 Å². The number of urea groups is 1. The van der Waals surface area contributed by atoms with Crippen LogP contribution in [-0.4, -0.2) is 54.3 Å². The molecule has 6 nitrogen and oxygen atoms in total. The molecule has 2 unspecified atom stereocenters. The highest BCUT2D eigenvalue weighted by molar-refractivity contribution is 5.81. The number of pyridine rings is 1. The zero-order chi connectivity index (χ0) is 29.8. The topological polar surface area (TPSA) is 74.3 Å². The van der Waals surface area contributed by atoms with Crippen LogP contribution in [0.4, 0.5) is 22.4 Å². The Morgan fingerprint density at radius 1 is 1.00 bits per heavy atom. The Labute approximate surface area is 233 Å². The molecule has 0 radical (unpaired) electrons. The number of hydrogen-bond acceptors (Lipinski definition) is 4. The van der Waals surface area contributed by atoms with Crippen molar-refractivity contribution in [3.05, 3.63) is 77.1 Å². The summed E-state index contributed by atoms with van der Waals surface area (Å²) in [7, 11) is 3.05. The molecular weight excluding hydrogens is 524 g/mol. The van der Waals surface area contributed by atoms with E-state index in [-0.39, 0.29) is 42.8 Å². The van der Waals surface area contributed by atoms with Gasteiger partial charge in [-0.25, -0.2) is 22.4 Å². The number of carbonyl (C=O) groups excluding carboxylic acids is 2. The lowest BCUT2D eigenvalue weighted by atomic mass is 10.00. The van der Waals surface area contributed by atoms with Gasteiger partial charge in [0.1, 0.15) is 17.4 Å². The highest BCUT2D eigenvalue weighted by Crippen LogP contribution is 2.18. The van der Waals surface area contributed by atoms with Crippen LogP contribution in [0.1, 0.15) is 49.4 Å². The van der Waals surface area contributed by atoms with Crippen LogP contribution < -0.4 is 10.6 Å². The van der Waals surface area contributed by atoms with Gasteiger partial charge in [-0.15, -0.1) is 0 Å². The number of nitrogens with one attached hydrogen (secondary N) is 2. The molecule has 10 heteroatoms. The van der Waals surface area contributed by atoms with Crippen molar-refractivity contribution in [2.45, 2.75) is 71.5 Å². The monoisotopic (exact) mass is 562 g/mol. The lowest BCUT2D eigenvalue weighted by molar-refractivity contribution is -0.117. The van der Waals surface area contributed by atoms with Gasteiger partial charge in [0.25, 0.3) is 6.43 Å². The zero-order valence-electron chi connectivity index (χ0n) is 23.6. The number of Topliss-reactive ketones (excluding diaryl/α,β-unsaturated/α-hetero) is 1. The predicted octanol–water partition coefficient (Wildman–Crippen LogP) is 6.33. The maximum atomic E-state index is 13.6. The van der Waals surface area contributed by atoms with Crippen molar-refractivity contribution >= 4 is 22.6 Å². The zero-order valence-corrected chi connectivity index (χ0v) is 23.6. The molecule has 40 heavy (non-hydrogen) atoms. The summed E-state index contributed by atoms with van der Waals surface area (Å²) >= 11 is 0. The average Bonchev–Trinajstić information content (AvgIpc) is 2.90. The smallest absolute Gasteiger partial charge is 0.317 e. The molecule has 0 fully saturated rings. The van der Waals surface area contributed by atoms with Gasteiger partial charge in [-0.3, -0.25) is 4.98 Å². The second-order valence-electron chi connectivity index (χ2n) is 9.81. The van der Waals surface area contributed by atoms with E-state index in [4.69, 9.17) is 0 Å². The number of aryl methyl sites for hydroxylation is 1. The van der Waals surface area contributed by atoms with Gasteiger partial charge in [-0.2, -0.15) is 0 Å². The van der Waals surface area contributed by atoms with Gasteiger partial charge >= 0.3 is 6.03 Å². The van der Waals surface area contributed by atoms with E-state index in [1.807, 2.05) is 13.0 Å². The molecule has 0 bridgehead atoms. The maximum Gasteiger partial charge on any atom is 0.317 e. The molecule has 0 saturated carbocycles. The molecule has 0 aliphatic heterocycles. The summed E-state index contributed by atoms with van der Waals surface area (Å²) in [6.07, 6.45) is 0.434. The first-order chi connectivity index (χ1) is 18.9. The van der Waals surface area contributed by atoms with Crippen molar-refractivity contribution in [1.82, 2.24) is 20.5 Å². The summed E-state index contributed by atoms with van der Waals surface area (Å²) in [5.74, 6) is -0.564. The van der Waals surface area contributed by atoms with Crippen LogP contribution in [0.15, 0.2) is 48.7 Å². The van der Waals surface area contributed by atoms with E-state index in [2.05, 4.69) is 15.6 Å². The van der Waals surface area contributed by atoms with Crippen LogP contribution in [0.2, 0.25) is 0 Å². The van der Waals surface area contributed by atoms with Crippen LogP contribution in [0.5, 0.6) is 0 Å². The standard InChI is InChI=1S/C20H30F3N3O2.C10H8FN/c1-13(27)8-9-16(10-11-18(24-3)19(22)23)26(4)20(28)25-12-15-6-5-7-17(21)14(15)2;1-7-4-9-5-10(11)3-2-8(9)6-12-7/h5-7,16,18-19,24H,8-12H2,1-4H3,(H,25,28);2-6H,1H3. The van der Waals surface area contributed by atoms with Crippen molar-refractivity contribution in [3.63, 3.8) is 0 Å². The second kappa shape index (κ2) is 15.9. The molecule has 3 aromatic rings. The largest absolute Gasteiger partial charge is 0.334 e. The summed E-state index contributed by atoms with van der Waals surface area (Å²) in [5, 5.41) is 7.19. The number of fused-ring (bicyclic) bond motifs is 1. The number of hydrogen-bond donors (Lipinski definition) is 2. The Morgan fingerprint density at radius 2 is 1.73 bits per heavy atom. The molecule has 3 rings (SSSR count). The maximum absolute atomic E-state index is 13.6. The molecule has 0 saturated heterocycles. The Bertz CT molecular complexity index is 1230.